The average Bonchev–Trinajstić information content (AvgIpc) is 3.48. The summed E-state index contributed by atoms with van der Waals surface area (Å²) in [7, 11) is 5.91. The summed E-state index contributed by atoms with van der Waals surface area (Å²) in [5.74, 6) is 0.804. The highest BCUT2D eigenvalue weighted by atomic mass is 35.5. The highest BCUT2D eigenvalue weighted by Gasteiger charge is 2.23. The molecule has 0 radical (unpaired) electrons. The Kier molecular flexibility index (Phi) is 9.33. The van der Waals surface area contributed by atoms with Gasteiger partial charge in [-0.2, -0.15) is 0 Å². The molecule has 4 heterocycles. The molecule has 2 aromatic carbocycles. The zero-order valence-electron chi connectivity index (χ0n) is 25.5. The molecule has 0 atom stereocenters. The van der Waals surface area contributed by atoms with Crippen LogP contribution in [-0.2, 0) is 11.3 Å². The monoisotopic (exact) mass is 602 g/mol. The van der Waals surface area contributed by atoms with Crippen LogP contribution in [0.5, 0.6) is 0 Å². The molecule has 0 bridgehead atoms. The van der Waals surface area contributed by atoms with E-state index in [0.29, 0.717) is 11.1 Å². The normalized spacial score (nSPS) is 17.1. The molecule has 2 N–H and O–H groups in total. The van der Waals surface area contributed by atoms with Crippen LogP contribution in [0.1, 0.15) is 18.4 Å². The van der Waals surface area contributed by atoms with Crippen molar-refractivity contribution in [3.63, 3.8) is 0 Å². The van der Waals surface area contributed by atoms with Gasteiger partial charge in [-0.05, 0) is 54.8 Å². The van der Waals surface area contributed by atoms with Gasteiger partial charge in [-0.15, -0.1) is 0 Å². The van der Waals surface area contributed by atoms with Crippen LogP contribution < -0.4 is 15.1 Å². The third kappa shape index (κ3) is 7.07. The fourth-order valence-electron chi connectivity index (χ4n) is 6.08. The van der Waals surface area contributed by atoms with Crippen molar-refractivity contribution in [3.8, 4) is 11.4 Å². The van der Waals surface area contributed by atoms with Crippen LogP contribution in [0.3, 0.4) is 0 Å². The van der Waals surface area contributed by atoms with Gasteiger partial charge in [-0.1, -0.05) is 23.7 Å². The number of piperidine rings is 1. The molecule has 2 aliphatic heterocycles. The SMILES string of the molecule is COCCN1CCN(c2ccc(-c3nc4c(NC5CCN(Cc6ccc(N(C)C)cc6)CC5)c(Cl)cnc4[nH]3)cc2)CC1. The Bertz CT molecular complexity index is 1470. The van der Waals surface area contributed by atoms with Crippen molar-refractivity contribution in [2.24, 2.45) is 0 Å². The second kappa shape index (κ2) is 13.5. The lowest BCUT2D eigenvalue weighted by Gasteiger charge is -2.36. The molecule has 0 aliphatic carbocycles. The molecule has 9 nitrogen and oxygen atoms in total. The van der Waals surface area contributed by atoms with Crippen molar-refractivity contribution in [1.82, 2.24) is 24.8 Å². The number of imidazole rings is 1. The lowest BCUT2D eigenvalue weighted by atomic mass is 10.0. The van der Waals surface area contributed by atoms with Crippen molar-refractivity contribution in [3.05, 3.63) is 65.3 Å². The molecule has 2 aliphatic rings. The first-order valence-corrected chi connectivity index (χ1v) is 15.7. The highest BCUT2D eigenvalue weighted by molar-refractivity contribution is 6.34. The van der Waals surface area contributed by atoms with Crippen LogP contribution >= 0.6 is 11.6 Å². The van der Waals surface area contributed by atoms with Crippen molar-refractivity contribution in [2.75, 3.05) is 88.7 Å². The predicted octanol–water partition coefficient (Wildman–Crippen LogP) is 5.19. The maximum atomic E-state index is 6.69. The van der Waals surface area contributed by atoms with Crippen molar-refractivity contribution in [1.29, 1.82) is 0 Å². The molecule has 2 fully saturated rings. The Morgan fingerprint density at radius 3 is 2.35 bits per heavy atom. The standard InChI is InChI=1S/C33H43ClN8O/c1-39(2)27-8-4-24(5-9-27)23-41-14-12-26(13-15-41)36-30-29(34)22-35-33-31(30)37-32(38-33)25-6-10-28(11-7-25)42-18-16-40(17-19-42)20-21-43-3/h4-11,22,26H,12-21,23H2,1-3H3,(H2,35,36,37,38). The van der Waals surface area contributed by atoms with Crippen LogP contribution in [0.4, 0.5) is 17.1 Å². The molecular formula is C33H43ClN8O. The number of hydrogen-bond donors (Lipinski definition) is 2. The molecule has 43 heavy (non-hydrogen) atoms. The molecule has 2 saturated heterocycles. The number of ether oxygens (including phenoxy) is 1. The summed E-state index contributed by atoms with van der Waals surface area (Å²) in [6.07, 6.45) is 3.82. The first-order chi connectivity index (χ1) is 21.0. The smallest absolute Gasteiger partial charge is 0.159 e. The third-order valence-corrected chi connectivity index (χ3v) is 9.04. The second-order valence-corrected chi connectivity index (χ2v) is 12.3. The van der Waals surface area contributed by atoms with Gasteiger partial charge in [0, 0.05) is 96.5 Å². The van der Waals surface area contributed by atoms with E-state index < -0.39 is 0 Å². The van der Waals surface area contributed by atoms with Crippen LogP contribution in [-0.4, -0.2) is 104 Å². The number of fused-ring (bicyclic) bond motifs is 1. The van der Waals surface area contributed by atoms with E-state index in [1.807, 2.05) is 0 Å². The first kappa shape index (κ1) is 29.7. The molecule has 0 saturated carbocycles. The van der Waals surface area contributed by atoms with Crippen LogP contribution in [0.15, 0.2) is 54.7 Å². The van der Waals surface area contributed by atoms with E-state index in [4.69, 9.17) is 21.3 Å². The van der Waals surface area contributed by atoms with E-state index in [9.17, 15) is 0 Å². The zero-order chi connectivity index (χ0) is 29.8. The van der Waals surface area contributed by atoms with Gasteiger partial charge >= 0.3 is 0 Å². The largest absolute Gasteiger partial charge is 0.383 e. The van der Waals surface area contributed by atoms with E-state index in [0.717, 1.165) is 100 Å². The number of aromatic nitrogens is 3. The number of rotatable bonds is 10. The number of methoxy groups -OCH3 is 1. The molecule has 0 spiro atoms. The molecule has 228 valence electrons. The van der Waals surface area contributed by atoms with Gasteiger partial charge in [-0.25, -0.2) is 9.97 Å². The minimum absolute atomic E-state index is 0.338. The number of piperazine rings is 1. The lowest BCUT2D eigenvalue weighted by Crippen LogP contribution is -2.47. The van der Waals surface area contributed by atoms with E-state index in [1.54, 1.807) is 13.3 Å². The van der Waals surface area contributed by atoms with Gasteiger partial charge in [0.2, 0.25) is 0 Å². The van der Waals surface area contributed by atoms with Gasteiger partial charge in [0.25, 0.3) is 0 Å². The second-order valence-electron chi connectivity index (χ2n) is 11.9. The fourth-order valence-corrected chi connectivity index (χ4v) is 6.27. The maximum absolute atomic E-state index is 6.69. The third-order valence-electron chi connectivity index (χ3n) is 8.75. The van der Waals surface area contributed by atoms with Crippen molar-refractivity contribution < 1.29 is 4.74 Å². The predicted molar refractivity (Wildman–Crippen MR) is 178 cm³/mol. The number of aromatic amines is 1. The summed E-state index contributed by atoms with van der Waals surface area (Å²) in [4.78, 5) is 22.5. The van der Waals surface area contributed by atoms with Crippen LogP contribution in [0.2, 0.25) is 5.02 Å². The molecule has 0 amide bonds. The van der Waals surface area contributed by atoms with Crippen molar-refractivity contribution >= 4 is 39.8 Å². The number of pyridine rings is 1. The Morgan fingerprint density at radius 2 is 1.67 bits per heavy atom. The molecule has 4 aromatic rings. The van der Waals surface area contributed by atoms with E-state index in [2.05, 4.69) is 97.5 Å². The van der Waals surface area contributed by atoms with Gasteiger partial charge in [0.1, 0.15) is 11.3 Å². The Labute approximate surface area is 259 Å². The van der Waals surface area contributed by atoms with E-state index >= 15 is 0 Å². The number of anilines is 3. The Hall–Kier alpha value is -3.37. The lowest BCUT2D eigenvalue weighted by molar-refractivity contribution is 0.144. The number of hydrogen-bond acceptors (Lipinski definition) is 8. The number of nitrogens with one attached hydrogen (secondary N) is 2. The minimum Gasteiger partial charge on any atom is -0.383 e. The summed E-state index contributed by atoms with van der Waals surface area (Å²) in [6, 6.07) is 17.9. The minimum atomic E-state index is 0.338. The van der Waals surface area contributed by atoms with Gasteiger partial charge in [0.15, 0.2) is 5.65 Å². The molecule has 6 rings (SSSR count). The topological polar surface area (TPSA) is 75.8 Å². The quantitative estimate of drug-likeness (QED) is 0.257. The fraction of sp³-hybridized carbons (Fsp3) is 0.455. The number of H-pyrrole nitrogens is 1. The first-order valence-electron chi connectivity index (χ1n) is 15.3. The number of benzene rings is 2. The van der Waals surface area contributed by atoms with Crippen LogP contribution in [0, 0.1) is 0 Å². The van der Waals surface area contributed by atoms with E-state index in [1.165, 1.54) is 16.9 Å². The van der Waals surface area contributed by atoms with E-state index in [-0.39, 0.29) is 0 Å². The average molecular weight is 603 g/mol. The van der Waals surface area contributed by atoms with Crippen molar-refractivity contribution in [2.45, 2.75) is 25.4 Å². The zero-order valence-corrected chi connectivity index (χ0v) is 26.3. The summed E-state index contributed by atoms with van der Waals surface area (Å²) < 4.78 is 5.23. The Morgan fingerprint density at radius 1 is 0.953 bits per heavy atom. The Balaban J connectivity index is 1.07. The van der Waals surface area contributed by atoms with Gasteiger partial charge < -0.3 is 24.8 Å². The summed E-state index contributed by atoms with van der Waals surface area (Å²) in [6.45, 7) is 9.00. The summed E-state index contributed by atoms with van der Waals surface area (Å²) >= 11 is 6.69. The highest BCUT2D eigenvalue weighted by Crippen LogP contribution is 2.33. The number of likely N-dealkylation sites (tertiary alicyclic amines) is 1. The molecular weight excluding hydrogens is 560 g/mol. The number of halogens is 1. The van der Waals surface area contributed by atoms with Crippen LogP contribution in [0.25, 0.3) is 22.6 Å². The number of nitrogens with zero attached hydrogens (tertiary/aromatic N) is 6. The van der Waals surface area contributed by atoms with Gasteiger partial charge in [-0.3, -0.25) is 9.80 Å². The summed E-state index contributed by atoms with van der Waals surface area (Å²) in [5.41, 5.74) is 7.28. The molecule has 0 unspecified atom stereocenters. The molecule has 2 aromatic heterocycles. The molecule has 10 heteroatoms. The van der Waals surface area contributed by atoms with Gasteiger partial charge in [0.05, 0.1) is 23.5 Å². The maximum Gasteiger partial charge on any atom is 0.159 e. The summed E-state index contributed by atoms with van der Waals surface area (Å²) in [5, 5.41) is 4.33.